The molecule has 114 valence electrons. The molecule has 21 heavy (non-hydrogen) atoms. The quantitative estimate of drug-likeness (QED) is 0.860. The van der Waals surface area contributed by atoms with E-state index >= 15 is 0 Å². The summed E-state index contributed by atoms with van der Waals surface area (Å²) in [6.07, 6.45) is 5.49. The molecule has 0 aromatic heterocycles. The minimum absolute atomic E-state index is 0.0622. The van der Waals surface area contributed by atoms with Gasteiger partial charge in [-0.15, -0.1) is 0 Å². The molecular weight excluding hydrogens is 260 g/mol. The molecule has 0 aliphatic heterocycles. The van der Waals surface area contributed by atoms with Crippen molar-refractivity contribution >= 4 is 11.7 Å². The van der Waals surface area contributed by atoms with Crippen molar-refractivity contribution in [2.75, 3.05) is 11.9 Å². The maximum absolute atomic E-state index is 12.1. The molecule has 2 amide bonds. The molecule has 1 aromatic rings. The molecule has 0 radical (unpaired) electrons. The van der Waals surface area contributed by atoms with Gasteiger partial charge >= 0.3 is 6.03 Å². The van der Waals surface area contributed by atoms with E-state index in [-0.39, 0.29) is 6.03 Å². The van der Waals surface area contributed by atoms with Crippen LogP contribution in [0.5, 0.6) is 0 Å². The number of carbonyl (C=O) groups excluding carboxylic acids is 1. The van der Waals surface area contributed by atoms with Crippen LogP contribution in [0, 0.1) is 38.5 Å². The summed E-state index contributed by atoms with van der Waals surface area (Å²) in [5.41, 5.74) is 4.44. The van der Waals surface area contributed by atoms with E-state index in [0.29, 0.717) is 5.92 Å². The number of carbonyl (C=O) groups is 1. The first kappa shape index (κ1) is 14.4. The summed E-state index contributed by atoms with van der Waals surface area (Å²) in [4.78, 5) is 12.1. The standard InChI is InChI=1S/C18H26N2O/c1-11-6-12(2)17(13(3)7-11)20-18(21)19-10-16-9-14-4-5-15(16)8-14/h6-7,14-16H,4-5,8-10H2,1-3H3,(H2,19,20,21)/t14-,15+,16-/m0/s1. The summed E-state index contributed by atoms with van der Waals surface area (Å²) in [5.74, 6) is 2.50. The monoisotopic (exact) mass is 286 g/mol. The molecule has 0 heterocycles. The lowest BCUT2D eigenvalue weighted by molar-refractivity contribution is 0.245. The third kappa shape index (κ3) is 3.07. The summed E-state index contributed by atoms with van der Waals surface area (Å²) in [6, 6.07) is 4.16. The molecule has 2 fully saturated rings. The Balaban J connectivity index is 1.55. The molecule has 3 atom stereocenters. The van der Waals surface area contributed by atoms with Crippen molar-refractivity contribution in [3.8, 4) is 0 Å². The molecule has 1 aromatic carbocycles. The zero-order chi connectivity index (χ0) is 15.0. The fourth-order valence-corrected chi connectivity index (χ4v) is 4.39. The predicted molar refractivity (Wildman–Crippen MR) is 86.6 cm³/mol. The van der Waals surface area contributed by atoms with Gasteiger partial charge in [0.2, 0.25) is 0 Å². The highest BCUT2D eigenvalue weighted by molar-refractivity contribution is 5.91. The van der Waals surface area contributed by atoms with E-state index in [0.717, 1.165) is 35.2 Å². The van der Waals surface area contributed by atoms with Crippen LogP contribution in [0.3, 0.4) is 0 Å². The number of benzene rings is 1. The average molecular weight is 286 g/mol. The zero-order valence-electron chi connectivity index (χ0n) is 13.3. The van der Waals surface area contributed by atoms with E-state index in [4.69, 9.17) is 0 Å². The topological polar surface area (TPSA) is 41.1 Å². The van der Waals surface area contributed by atoms with Crippen molar-refractivity contribution < 1.29 is 4.79 Å². The van der Waals surface area contributed by atoms with E-state index in [1.54, 1.807) is 0 Å². The van der Waals surface area contributed by atoms with E-state index in [1.807, 2.05) is 13.8 Å². The van der Waals surface area contributed by atoms with Gasteiger partial charge in [-0.25, -0.2) is 4.79 Å². The fourth-order valence-electron chi connectivity index (χ4n) is 4.39. The fraction of sp³-hybridized carbons (Fsp3) is 0.611. The van der Waals surface area contributed by atoms with E-state index in [2.05, 4.69) is 29.7 Å². The van der Waals surface area contributed by atoms with Gasteiger partial charge in [-0.1, -0.05) is 24.1 Å². The maximum atomic E-state index is 12.1. The first-order chi connectivity index (χ1) is 10.0. The van der Waals surface area contributed by atoms with Crippen LogP contribution in [0.15, 0.2) is 12.1 Å². The molecule has 2 N–H and O–H groups in total. The minimum atomic E-state index is -0.0622. The molecule has 2 bridgehead atoms. The van der Waals surface area contributed by atoms with Crippen LogP contribution < -0.4 is 10.6 Å². The number of hydrogen-bond acceptors (Lipinski definition) is 1. The summed E-state index contributed by atoms with van der Waals surface area (Å²) >= 11 is 0. The van der Waals surface area contributed by atoms with Crippen LogP contribution in [-0.4, -0.2) is 12.6 Å². The van der Waals surface area contributed by atoms with Gasteiger partial charge in [-0.2, -0.15) is 0 Å². The highest BCUT2D eigenvalue weighted by Gasteiger charge is 2.39. The van der Waals surface area contributed by atoms with Crippen LogP contribution in [0.2, 0.25) is 0 Å². The second-order valence-corrected chi connectivity index (χ2v) is 7.04. The number of aryl methyl sites for hydroxylation is 3. The summed E-state index contributed by atoms with van der Waals surface area (Å²) < 4.78 is 0. The molecule has 3 heteroatoms. The molecule has 2 aliphatic carbocycles. The van der Waals surface area contributed by atoms with Gasteiger partial charge in [0.1, 0.15) is 0 Å². The summed E-state index contributed by atoms with van der Waals surface area (Å²) in [6.45, 7) is 7.01. The van der Waals surface area contributed by atoms with Crippen molar-refractivity contribution in [2.45, 2.75) is 46.5 Å². The van der Waals surface area contributed by atoms with Crippen LogP contribution in [0.25, 0.3) is 0 Å². The highest BCUT2D eigenvalue weighted by Crippen LogP contribution is 2.47. The Morgan fingerprint density at radius 2 is 1.86 bits per heavy atom. The Morgan fingerprint density at radius 1 is 1.14 bits per heavy atom. The smallest absolute Gasteiger partial charge is 0.319 e. The van der Waals surface area contributed by atoms with Crippen LogP contribution in [0.1, 0.15) is 42.4 Å². The number of nitrogens with one attached hydrogen (secondary N) is 2. The molecule has 0 saturated heterocycles. The Labute approximate surface area is 127 Å². The first-order valence-corrected chi connectivity index (χ1v) is 8.15. The lowest BCUT2D eigenvalue weighted by atomic mass is 9.89. The lowest BCUT2D eigenvalue weighted by Gasteiger charge is -2.22. The average Bonchev–Trinajstić information content (AvgIpc) is 3.03. The number of fused-ring (bicyclic) bond motifs is 2. The molecule has 0 spiro atoms. The van der Waals surface area contributed by atoms with Crippen molar-refractivity contribution in [3.63, 3.8) is 0 Å². The van der Waals surface area contributed by atoms with E-state index < -0.39 is 0 Å². The lowest BCUT2D eigenvalue weighted by Crippen LogP contribution is -2.35. The Kier molecular flexibility index (Phi) is 3.92. The Bertz CT molecular complexity index is 529. The van der Waals surface area contributed by atoms with Crippen molar-refractivity contribution in [2.24, 2.45) is 17.8 Å². The molecule has 2 aliphatic rings. The van der Waals surface area contributed by atoms with Gasteiger partial charge in [0.15, 0.2) is 0 Å². The molecule has 3 nitrogen and oxygen atoms in total. The maximum Gasteiger partial charge on any atom is 0.319 e. The molecular formula is C18H26N2O. The van der Waals surface area contributed by atoms with Crippen LogP contribution in [-0.2, 0) is 0 Å². The Morgan fingerprint density at radius 3 is 2.43 bits per heavy atom. The summed E-state index contributed by atoms with van der Waals surface area (Å²) in [7, 11) is 0. The largest absolute Gasteiger partial charge is 0.338 e. The summed E-state index contributed by atoms with van der Waals surface area (Å²) in [5, 5.41) is 6.10. The van der Waals surface area contributed by atoms with Gasteiger partial charge in [0, 0.05) is 12.2 Å². The first-order valence-electron chi connectivity index (χ1n) is 8.15. The van der Waals surface area contributed by atoms with Crippen molar-refractivity contribution in [1.82, 2.24) is 5.32 Å². The Hall–Kier alpha value is -1.51. The number of amides is 2. The van der Waals surface area contributed by atoms with Gasteiger partial charge in [-0.3, -0.25) is 0 Å². The van der Waals surface area contributed by atoms with Crippen LogP contribution in [0.4, 0.5) is 10.5 Å². The van der Waals surface area contributed by atoms with Gasteiger partial charge in [0.05, 0.1) is 0 Å². The predicted octanol–water partition coefficient (Wildman–Crippen LogP) is 4.17. The van der Waals surface area contributed by atoms with Gasteiger partial charge in [-0.05, 0) is 68.9 Å². The number of hydrogen-bond donors (Lipinski definition) is 2. The third-order valence-electron chi connectivity index (χ3n) is 5.32. The molecule has 3 rings (SSSR count). The van der Waals surface area contributed by atoms with Crippen molar-refractivity contribution in [1.29, 1.82) is 0 Å². The van der Waals surface area contributed by atoms with E-state index in [1.165, 1.54) is 31.2 Å². The van der Waals surface area contributed by atoms with Crippen molar-refractivity contribution in [3.05, 3.63) is 28.8 Å². The van der Waals surface area contributed by atoms with Gasteiger partial charge in [0.25, 0.3) is 0 Å². The zero-order valence-corrected chi connectivity index (χ0v) is 13.3. The second kappa shape index (κ2) is 5.70. The van der Waals surface area contributed by atoms with E-state index in [9.17, 15) is 4.79 Å². The molecule has 2 saturated carbocycles. The second-order valence-electron chi connectivity index (χ2n) is 7.04. The third-order valence-corrected chi connectivity index (χ3v) is 5.32. The minimum Gasteiger partial charge on any atom is -0.338 e. The van der Waals surface area contributed by atoms with Crippen LogP contribution >= 0.6 is 0 Å². The number of anilines is 1. The number of urea groups is 1. The number of rotatable bonds is 3. The highest BCUT2D eigenvalue weighted by atomic mass is 16.2. The normalized spacial score (nSPS) is 26.9. The van der Waals surface area contributed by atoms with Gasteiger partial charge < -0.3 is 10.6 Å². The SMILES string of the molecule is Cc1cc(C)c(NC(=O)NC[C@@H]2C[C@H]3CC[C@@H]2C3)c(C)c1. The molecule has 0 unspecified atom stereocenters.